The Morgan fingerprint density at radius 1 is 1.41 bits per heavy atom. The summed E-state index contributed by atoms with van der Waals surface area (Å²) in [5.74, 6) is 0.738. The summed E-state index contributed by atoms with van der Waals surface area (Å²) >= 11 is 3.50. The molecule has 5 heteroatoms. The molecule has 0 saturated carbocycles. The van der Waals surface area contributed by atoms with Crippen LogP contribution in [0.1, 0.15) is 5.56 Å². The van der Waals surface area contributed by atoms with Crippen LogP contribution < -0.4 is 10.5 Å². The van der Waals surface area contributed by atoms with E-state index in [1.165, 1.54) is 0 Å². The number of hydrogen-bond donors (Lipinski definition) is 1. The molecule has 0 radical (unpaired) electrons. The maximum atomic E-state index is 5.56. The van der Waals surface area contributed by atoms with Gasteiger partial charge >= 0.3 is 0 Å². The number of nitrogens with zero attached hydrogens (tertiary/aromatic N) is 2. The number of methoxy groups -OCH3 is 1. The van der Waals surface area contributed by atoms with E-state index in [0.29, 0.717) is 6.54 Å². The molecule has 2 rings (SSSR count). The number of benzene rings is 1. The van der Waals surface area contributed by atoms with Gasteiger partial charge in [-0.15, -0.1) is 0 Å². The first kappa shape index (κ1) is 12.1. The van der Waals surface area contributed by atoms with Crippen molar-refractivity contribution in [3.05, 3.63) is 40.5 Å². The standard InChI is InChI=1S/C12H14BrN3O/c1-17-12-9(6-7-14)8-15-16(12)11-5-3-2-4-10(11)13/h2-5,8H,6-7,14H2,1H3. The van der Waals surface area contributed by atoms with E-state index in [0.717, 1.165) is 28.0 Å². The number of hydrogen-bond acceptors (Lipinski definition) is 3. The topological polar surface area (TPSA) is 53.1 Å². The molecule has 4 nitrogen and oxygen atoms in total. The minimum atomic E-state index is 0.581. The molecule has 1 aromatic heterocycles. The van der Waals surface area contributed by atoms with E-state index < -0.39 is 0 Å². The average molecular weight is 296 g/mol. The van der Waals surface area contributed by atoms with Crippen LogP contribution in [0.25, 0.3) is 5.69 Å². The van der Waals surface area contributed by atoms with Gasteiger partial charge in [-0.3, -0.25) is 0 Å². The Morgan fingerprint density at radius 3 is 2.82 bits per heavy atom. The Morgan fingerprint density at radius 2 is 2.18 bits per heavy atom. The zero-order chi connectivity index (χ0) is 12.3. The Hall–Kier alpha value is -1.33. The van der Waals surface area contributed by atoms with Crippen molar-refractivity contribution < 1.29 is 4.74 Å². The fourth-order valence-electron chi connectivity index (χ4n) is 1.71. The Balaban J connectivity index is 2.49. The third-order valence-corrected chi connectivity index (χ3v) is 3.15. The molecule has 1 heterocycles. The average Bonchev–Trinajstić information content (AvgIpc) is 2.73. The quantitative estimate of drug-likeness (QED) is 0.940. The lowest BCUT2D eigenvalue weighted by molar-refractivity contribution is 0.379. The van der Waals surface area contributed by atoms with Gasteiger partial charge in [-0.05, 0) is 41.0 Å². The second kappa shape index (κ2) is 5.33. The molecule has 0 aliphatic heterocycles. The summed E-state index contributed by atoms with van der Waals surface area (Å²) in [7, 11) is 1.64. The van der Waals surface area contributed by atoms with E-state index in [1.54, 1.807) is 18.0 Å². The summed E-state index contributed by atoms with van der Waals surface area (Å²) in [4.78, 5) is 0. The molecule has 1 aromatic carbocycles. The van der Waals surface area contributed by atoms with Gasteiger partial charge in [-0.1, -0.05) is 12.1 Å². The predicted octanol–water partition coefficient (Wildman–Crippen LogP) is 2.14. The van der Waals surface area contributed by atoms with Crippen LogP contribution in [0.15, 0.2) is 34.9 Å². The number of aromatic nitrogens is 2. The molecule has 0 bridgehead atoms. The smallest absolute Gasteiger partial charge is 0.219 e. The van der Waals surface area contributed by atoms with E-state index in [1.807, 2.05) is 24.3 Å². The molecule has 2 N–H and O–H groups in total. The van der Waals surface area contributed by atoms with Gasteiger partial charge in [0, 0.05) is 10.0 Å². The van der Waals surface area contributed by atoms with Gasteiger partial charge in [0.05, 0.1) is 19.0 Å². The number of halogens is 1. The Bertz CT molecular complexity index is 510. The molecule has 0 aliphatic rings. The van der Waals surface area contributed by atoms with Gasteiger partial charge in [-0.25, -0.2) is 0 Å². The lowest BCUT2D eigenvalue weighted by atomic mass is 10.2. The van der Waals surface area contributed by atoms with Gasteiger partial charge in [0.15, 0.2) is 0 Å². The number of para-hydroxylation sites is 1. The molecule has 0 saturated heterocycles. The van der Waals surface area contributed by atoms with Gasteiger partial charge in [0.2, 0.25) is 5.88 Å². The van der Waals surface area contributed by atoms with Crippen LogP contribution in [0, 0.1) is 0 Å². The van der Waals surface area contributed by atoms with Gasteiger partial charge in [0.1, 0.15) is 0 Å². The lowest BCUT2D eigenvalue weighted by Crippen LogP contribution is -2.05. The second-order valence-electron chi connectivity index (χ2n) is 3.58. The third kappa shape index (κ3) is 2.35. The summed E-state index contributed by atoms with van der Waals surface area (Å²) in [6.07, 6.45) is 2.55. The zero-order valence-electron chi connectivity index (χ0n) is 9.56. The van der Waals surface area contributed by atoms with Crippen molar-refractivity contribution in [1.29, 1.82) is 0 Å². The zero-order valence-corrected chi connectivity index (χ0v) is 11.1. The Labute approximate surface area is 109 Å². The maximum Gasteiger partial charge on any atom is 0.219 e. The lowest BCUT2D eigenvalue weighted by Gasteiger charge is -2.09. The molecule has 0 amide bonds. The summed E-state index contributed by atoms with van der Waals surface area (Å²) in [6.45, 7) is 0.581. The fraction of sp³-hybridized carbons (Fsp3) is 0.250. The summed E-state index contributed by atoms with van der Waals surface area (Å²) < 4.78 is 8.15. The first-order valence-corrected chi connectivity index (χ1v) is 6.13. The van der Waals surface area contributed by atoms with Gasteiger partial charge < -0.3 is 10.5 Å². The normalized spacial score (nSPS) is 10.5. The summed E-state index contributed by atoms with van der Waals surface area (Å²) in [6, 6.07) is 7.87. The molecule has 90 valence electrons. The van der Waals surface area contributed by atoms with Crippen molar-refractivity contribution in [2.75, 3.05) is 13.7 Å². The summed E-state index contributed by atoms with van der Waals surface area (Å²) in [5, 5.41) is 4.34. The fourth-order valence-corrected chi connectivity index (χ4v) is 2.16. The van der Waals surface area contributed by atoms with E-state index >= 15 is 0 Å². The SMILES string of the molecule is COc1c(CCN)cnn1-c1ccccc1Br. The highest BCUT2D eigenvalue weighted by molar-refractivity contribution is 9.10. The molecule has 0 aliphatic carbocycles. The van der Waals surface area contributed by atoms with Gasteiger partial charge in [-0.2, -0.15) is 9.78 Å². The first-order valence-electron chi connectivity index (χ1n) is 5.33. The van der Waals surface area contributed by atoms with Crippen molar-refractivity contribution in [1.82, 2.24) is 9.78 Å². The van der Waals surface area contributed by atoms with Crippen molar-refractivity contribution in [2.45, 2.75) is 6.42 Å². The predicted molar refractivity (Wildman–Crippen MR) is 70.6 cm³/mol. The minimum absolute atomic E-state index is 0.581. The second-order valence-corrected chi connectivity index (χ2v) is 4.44. The molecule has 0 spiro atoms. The molecule has 0 fully saturated rings. The van der Waals surface area contributed by atoms with E-state index in [9.17, 15) is 0 Å². The molecule has 2 aromatic rings. The summed E-state index contributed by atoms with van der Waals surface area (Å²) in [5.41, 5.74) is 7.53. The van der Waals surface area contributed by atoms with E-state index in [2.05, 4.69) is 21.0 Å². The maximum absolute atomic E-state index is 5.56. The molecule has 0 unspecified atom stereocenters. The van der Waals surface area contributed by atoms with Crippen LogP contribution in [0.3, 0.4) is 0 Å². The highest BCUT2D eigenvalue weighted by Gasteiger charge is 2.13. The van der Waals surface area contributed by atoms with Gasteiger partial charge in [0.25, 0.3) is 0 Å². The van der Waals surface area contributed by atoms with Crippen LogP contribution >= 0.6 is 15.9 Å². The number of ether oxygens (including phenoxy) is 1. The van der Waals surface area contributed by atoms with Crippen molar-refractivity contribution in [2.24, 2.45) is 5.73 Å². The monoisotopic (exact) mass is 295 g/mol. The number of rotatable bonds is 4. The van der Waals surface area contributed by atoms with E-state index in [-0.39, 0.29) is 0 Å². The molecule has 0 atom stereocenters. The van der Waals surface area contributed by atoms with Crippen LogP contribution in [0.5, 0.6) is 5.88 Å². The van der Waals surface area contributed by atoms with Crippen LogP contribution in [-0.2, 0) is 6.42 Å². The minimum Gasteiger partial charge on any atom is -0.481 e. The van der Waals surface area contributed by atoms with Crippen molar-refractivity contribution in [3.63, 3.8) is 0 Å². The molecular formula is C12H14BrN3O. The van der Waals surface area contributed by atoms with Crippen molar-refractivity contribution >= 4 is 15.9 Å². The Kier molecular flexibility index (Phi) is 3.81. The van der Waals surface area contributed by atoms with Crippen molar-refractivity contribution in [3.8, 4) is 11.6 Å². The molecule has 17 heavy (non-hydrogen) atoms. The highest BCUT2D eigenvalue weighted by Crippen LogP contribution is 2.27. The highest BCUT2D eigenvalue weighted by atomic mass is 79.9. The first-order chi connectivity index (χ1) is 8.27. The third-order valence-electron chi connectivity index (χ3n) is 2.48. The van der Waals surface area contributed by atoms with Crippen LogP contribution in [0.2, 0.25) is 0 Å². The number of nitrogens with two attached hydrogens (primary N) is 1. The largest absolute Gasteiger partial charge is 0.481 e. The van der Waals surface area contributed by atoms with E-state index in [4.69, 9.17) is 10.5 Å². The van der Waals surface area contributed by atoms with Crippen LogP contribution in [-0.4, -0.2) is 23.4 Å². The molecular weight excluding hydrogens is 282 g/mol. The van der Waals surface area contributed by atoms with Crippen LogP contribution in [0.4, 0.5) is 0 Å².